The molecule has 0 unspecified atom stereocenters. The lowest BCUT2D eigenvalue weighted by atomic mass is 10.0. The molecule has 1 aromatic rings. The average molecular weight is 186 g/mol. The third-order valence-electron chi connectivity index (χ3n) is 2.35. The summed E-state index contributed by atoms with van der Waals surface area (Å²) in [5, 5.41) is 3.13. The fourth-order valence-electron chi connectivity index (χ4n) is 1.43. The summed E-state index contributed by atoms with van der Waals surface area (Å²) < 4.78 is 0. The summed E-state index contributed by atoms with van der Waals surface area (Å²) in [6, 6.07) is 2.17. The molecule has 0 saturated heterocycles. The molecule has 1 aliphatic heterocycles. The van der Waals surface area contributed by atoms with Crippen LogP contribution in [0.4, 0.5) is 5.82 Å². The number of hydrogen-bond donors (Lipinski definition) is 1. The van der Waals surface area contributed by atoms with Gasteiger partial charge in [-0.2, -0.15) is 0 Å². The van der Waals surface area contributed by atoms with Gasteiger partial charge in [0.2, 0.25) is 0 Å². The number of nitrogens with zero attached hydrogens (tertiary/aromatic N) is 1. The van der Waals surface area contributed by atoms with E-state index in [0.717, 1.165) is 17.1 Å². The van der Waals surface area contributed by atoms with Crippen LogP contribution in [0.15, 0.2) is 30.6 Å². The lowest BCUT2D eigenvalue weighted by Gasteiger charge is -2.15. The Bertz CT molecular complexity index is 403. The summed E-state index contributed by atoms with van der Waals surface area (Å²) in [4.78, 5) is 4.37. The van der Waals surface area contributed by atoms with E-state index in [1.165, 1.54) is 5.56 Å². The van der Waals surface area contributed by atoms with Gasteiger partial charge >= 0.3 is 0 Å². The van der Waals surface area contributed by atoms with E-state index in [9.17, 15) is 0 Å². The fourth-order valence-corrected chi connectivity index (χ4v) is 1.43. The van der Waals surface area contributed by atoms with E-state index in [-0.39, 0.29) is 0 Å². The highest BCUT2D eigenvalue weighted by Crippen LogP contribution is 2.25. The van der Waals surface area contributed by atoms with Crippen LogP contribution in [0, 0.1) is 0 Å². The van der Waals surface area contributed by atoms with Crippen molar-refractivity contribution >= 4 is 11.9 Å². The van der Waals surface area contributed by atoms with E-state index in [0.29, 0.717) is 5.92 Å². The van der Waals surface area contributed by atoms with Crippen molar-refractivity contribution in [2.24, 2.45) is 0 Å². The summed E-state index contributed by atoms with van der Waals surface area (Å²) in [6.07, 6.45) is 5.93. The molecule has 2 heterocycles. The zero-order valence-electron chi connectivity index (χ0n) is 8.54. The van der Waals surface area contributed by atoms with Crippen LogP contribution in [0.1, 0.15) is 30.9 Å². The summed E-state index contributed by atoms with van der Waals surface area (Å²) >= 11 is 0. The molecule has 0 spiro atoms. The van der Waals surface area contributed by atoms with Crippen molar-refractivity contribution in [3.8, 4) is 0 Å². The maximum absolute atomic E-state index is 4.37. The predicted molar refractivity (Wildman–Crippen MR) is 60.1 cm³/mol. The molecule has 2 heteroatoms. The van der Waals surface area contributed by atoms with Gasteiger partial charge in [0, 0.05) is 17.5 Å². The molecule has 0 fully saturated rings. The number of hydrogen-bond acceptors (Lipinski definition) is 2. The minimum Gasteiger partial charge on any atom is -0.340 e. The Kier molecular flexibility index (Phi) is 2.12. The van der Waals surface area contributed by atoms with Gasteiger partial charge in [0.25, 0.3) is 0 Å². The Morgan fingerprint density at radius 3 is 2.86 bits per heavy atom. The SMILES string of the molecule is C=C1C=Cc2cc(C(C)C)cnc2N1. The molecule has 0 aromatic carbocycles. The molecule has 0 saturated carbocycles. The average Bonchev–Trinajstić information content (AvgIpc) is 2.16. The van der Waals surface area contributed by atoms with Crippen molar-refractivity contribution in [2.75, 3.05) is 5.32 Å². The standard InChI is InChI=1S/C12H14N2/c1-8(2)11-6-10-5-4-9(3)14-12(10)13-7-11/h4-8H,3H2,1-2H3,(H,13,14). The second-order valence-corrected chi connectivity index (χ2v) is 3.84. The summed E-state index contributed by atoms with van der Waals surface area (Å²) in [5.41, 5.74) is 3.30. The topological polar surface area (TPSA) is 24.9 Å². The molecule has 2 nitrogen and oxygen atoms in total. The van der Waals surface area contributed by atoms with E-state index < -0.39 is 0 Å². The molecule has 14 heavy (non-hydrogen) atoms. The number of fused-ring (bicyclic) bond motifs is 1. The van der Waals surface area contributed by atoms with E-state index in [1.54, 1.807) is 0 Å². The van der Waals surface area contributed by atoms with Gasteiger partial charge in [0.1, 0.15) is 5.82 Å². The number of pyridine rings is 1. The predicted octanol–water partition coefficient (Wildman–Crippen LogP) is 3.16. The Morgan fingerprint density at radius 1 is 1.36 bits per heavy atom. The monoisotopic (exact) mass is 186 g/mol. The number of aromatic nitrogens is 1. The summed E-state index contributed by atoms with van der Waals surface area (Å²) in [5.74, 6) is 1.42. The zero-order chi connectivity index (χ0) is 10.1. The molecule has 1 aromatic heterocycles. The molecular formula is C12H14N2. The molecule has 72 valence electrons. The van der Waals surface area contributed by atoms with Gasteiger partial charge in [-0.05, 0) is 29.7 Å². The third-order valence-corrected chi connectivity index (χ3v) is 2.35. The highest BCUT2D eigenvalue weighted by atomic mass is 15.0. The lowest BCUT2D eigenvalue weighted by Crippen LogP contribution is -2.05. The van der Waals surface area contributed by atoms with Crippen LogP contribution in [0.25, 0.3) is 6.08 Å². The minimum absolute atomic E-state index is 0.520. The van der Waals surface area contributed by atoms with Crippen LogP contribution >= 0.6 is 0 Å². The van der Waals surface area contributed by atoms with E-state index >= 15 is 0 Å². The second-order valence-electron chi connectivity index (χ2n) is 3.84. The highest BCUT2D eigenvalue weighted by Gasteiger charge is 2.09. The Morgan fingerprint density at radius 2 is 2.14 bits per heavy atom. The van der Waals surface area contributed by atoms with Crippen LogP contribution in [0.2, 0.25) is 0 Å². The zero-order valence-corrected chi connectivity index (χ0v) is 8.54. The molecular weight excluding hydrogens is 172 g/mol. The van der Waals surface area contributed by atoms with Gasteiger partial charge in [-0.1, -0.05) is 20.4 Å². The van der Waals surface area contributed by atoms with Gasteiger partial charge < -0.3 is 5.32 Å². The first-order chi connectivity index (χ1) is 6.66. The van der Waals surface area contributed by atoms with E-state index in [2.05, 4.69) is 36.8 Å². The summed E-state index contributed by atoms with van der Waals surface area (Å²) in [7, 11) is 0. The van der Waals surface area contributed by atoms with Crippen LogP contribution < -0.4 is 5.32 Å². The normalized spacial score (nSPS) is 14.1. The molecule has 1 N–H and O–H groups in total. The van der Waals surface area contributed by atoms with Gasteiger partial charge in [-0.15, -0.1) is 0 Å². The van der Waals surface area contributed by atoms with Crippen LogP contribution in [0.3, 0.4) is 0 Å². The highest BCUT2D eigenvalue weighted by molar-refractivity contribution is 5.71. The molecule has 0 amide bonds. The van der Waals surface area contributed by atoms with Crippen LogP contribution in [-0.2, 0) is 0 Å². The van der Waals surface area contributed by atoms with Crippen LogP contribution in [-0.4, -0.2) is 4.98 Å². The number of rotatable bonds is 1. The molecule has 0 bridgehead atoms. The van der Waals surface area contributed by atoms with E-state index in [1.807, 2.05) is 18.3 Å². The first kappa shape index (κ1) is 9.00. The van der Waals surface area contributed by atoms with Gasteiger partial charge in [0.05, 0.1) is 0 Å². The van der Waals surface area contributed by atoms with Crippen molar-refractivity contribution < 1.29 is 0 Å². The smallest absolute Gasteiger partial charge is 0.137 e. The molecule has 2 rings (SSSR count). The first-order valence-electron chi connectivity index (χ1n) is 4.81. The Balaban J connectivity index is 2.44. The summed E-state index contributed by atoms with van der Waals surface area (Å²) in [6.45, 7) is 8.17. The van der Waals surface area contributed by atoms with E-state index in [4.69, 9.17) is 0 Å². The van der Waals surface area contributed by atoms with Crippen LogP contribution in [0.5, 0.6) is 0 Å². The number of nitrogens with one attached hydrogen (secondary N) is 1. The lowest BCUT2D eigenvalue weighted by molar-refractivity contribution is 0.858. The van der Waals surface area contributed by atoms with Gasteiger partial charge in [0.15, 0.2) is 0 Å². The quantitative estimate of drug-likeness (QED) is 0.728. The fraction of sp³-hybridized carbons (Fsp3) is 0.250. The van der Waals surface area contributed by atoms with Crippen molar-refractivity contribution in [2.45, 2.75) is 19.8 Å². The maximum atomic E-state index is 4.37. The molecule has 0 radical (unpaired) electrons. The van der Waals surface area contributed by atoms with Crippen molar-refractivity contribution in [1.82, 2.24) is 4.98 Å². The number of allylic oxidation sites excluding steroid dienone is 1. The van der Waals surface area contributed by atoms with Crippen molar-refractivity contribution in [3.05, 3.63) is 41.7 Å². The first-order valence-corrected chi connectivity index (χ1v) is 4.81. The maximum Gasteiger partial charge on any atom is 0.137 e. The second kappa shape index (κ2) is 3.29. The molecule has 0 aliphatic carbocycles. The molecule has 0 atom stereocenters. The Labute approximate surface area is 84.4 Å². The largest absolute Gasteiger partial charge is 0.340 e. The number of anilines is 1. The third kappa shape index (κ3) is 1.55. The minimum atomic E-state index is 0.520. The van der Waals surface area contributed by atoms with Crippen molar-refractivity contribution in [1.29, 1.82) is 0 Å². The Hall–Kier alpha value is -1.57. The molecule has 1 aliphatic rings. The van der Waals surface area contributed by atoms with Gasteiger partial charge in [-0.25, -0.2) is 4.98 Å². The van der Waals surface area contributed by atoms with Gasteiger partial charge in [-0.3, -0.25) is 0 Å². The van der Waals surface area contributed by atoms with Crippen molar-refractivity contribution in [3.63, 3.8) is 0 Å².